The van der Waals surface area contributed by atoms with Crippen molar-refractivity contribution in [1.29, 1.82) is 0 Å². The second-order valence-electron chi connectivity index (χ2n) is 3.08. The lowest BCUT2D eigenvalue weighted by Gasteiger charge is -2.05. The minimum atomic E-state index is -0.213. The van der Waals surface area contributed by atoms with Crippen LogP contribution in [0.15, 0.2) is 23.1 Å². The van der Waals surface area contributed by atoms with E-state index >= 15 is 0 Å². The van der Waals surface area contributed by atoms with Crippen LogP contribution >= 0.6 is 0 Å². The van der Waals surface area contributed by atoms with Crippen LogP contribution in [0.3, 0.4) is 0 Å². The van der Waals surface area contributed by atoms with Crippen molar-refractivity contribution >= 4 is 5.78 Å². The van der Waals surface area contributed by atoms with Gasteiger partial charge in [0.25, 0.3) is 5.56 Å². The fraction of sp³-hybridized carbons (Fsp3) is 0.400. The molecule has 0 fully saturated rings. The van der Waals surface area contributed by atoms with E-state index in [2.05, 4.69) is 5.32 Å². The molecule has 0 radical (unpaired) electrons. The van der Waals surface area contributed by atoms with E-state index in [-0.39, 0.29) is 16.9 Å². The maximum Gasteiger partial charge on any atom is 0.261 e. The molecule has 14 heavy (non-hydrogen) atoms. The standard InChI is InChI=1S/C10H14N2O2/c1-8(13)9-4-3-6-12(10(9)14)7-5-11-2/h3-4,6,11H,5,7H2,1-2H3. The molecule has 1 aromatic rings. The van der Waals surface area contributed by atoms with Crippen molar-refractivity contribution in [3.05, 3.63) is 34.2 Å². The van der Waals surface area contributed by atoms with E-state index in [1.807, 2.05) is 7.05 Å². The summed E-state index contributed by atoms with van der Waals surface area (Å²) in [6.07, 6.45) is 1.69. The summed E-state index contributed by atoms with van der Waals surface area (Å²) in [5.74, 6) is -0.186. The van der Waals surface area contributed by atoms with Crippen molar-refractivity contribution in [2.24, 2.45) is 0 Å². The summed E-state index contributed by atoms with van der Waals surface area (Å²) in [7, 11) is 1.82. The van der Waals surface area contributed by atoms with Gasteiger partial charge in [-0.15, -0.1) is 0 Å². The molecular weight excluding hydrogens is 180 g/mol. The Labute approximate surface area is 82.6 Å². The summed E-state index contributed by atoms with van der Waals surface area (Å²) in [5.41, 5.74) is 0.0406. The third kappa shape index (κ3) is 2.29. The number of nitrogens with one attached hydrogen (secondary N) is 1. The van der Waals surface area contributed by atoms with E-state index in [9.17, 15) is 9.59 Å². The number of pyridine rings is 1. The molecule has 0 aromatic carbocycles. The van der Waals surface area contributed by atoms with Crippen molar-refractivity contribution in [2.75, 3.05) is 13.6 Å². The predicted molar refractivity (Wildman–Crippen MR) is 54.6 cm³/mol. The Bertz CT molecular complexity index is 382. The molecule has 4 heteroatoms. The number of likely N-dealkylation sites (N-methyl/N-ethyl adjacent to an activating group) is 1. The second kappa shape index (κ2) is 4.72. The van der Waals surface area contributed by atoms with Gasteiger partial charge in [0, 0.05) is 19.3 Å². The summed E-state index contributed by atoms with van der Waals surface area (Å²) < 4.78 is 1.53. The summed E-state index contributed by atoms with van der Waals surface area (Å²) >= 11 is 0. The number of hydrogen-bond acceptors (Lipinski definition) is 3. The molecule has 4 nitrogen and oxygen atoms in total. The highest BCUT2D eigenvalue weighted by Crippen LogP contribution is 1.92. The van der Waals surface area contributed by atoms with Gasteiger partial charge >= 0.3 is 0 Å². The van der Waals surface area contributed by atoms with Crippen molar-refractivity contribution in [1.82, 2.24) is 9.88 Å². The number of hydrogen-bond donors (Lipinski definition) is 1. The zero-order valence-corrected chi connectivity index (χ0v) is 8.41. The van der Waals surface area contributed by atoms with E-state index in [4.69, 9.17) is 0 Å². The van der Waals surface area contributed by atoms with E-state index in [1.54, 1.807) is 18.3 Å². The quantitative estimate of drug-likeness (QED) is 0.700. The van der Waals surface area contributed by atoms with Crippen LogP contribution in [0.4, 0.5) is 0 Å². The van der Waals surface area contributed by atoms with Gasteiger partial charge < -0.3 is 9.88 Å². The van der Waals surface area contributed by atoms with E-state index < -0.39 is 0 Å². The number of Topliss-reactive ketones (excluding diaryl/α,β-unsaturated/α-hetero) is 1. The van der Waals surface area contributed by atoms with Crippen molar-refractivity contribution in [3.63, 3.8) is 0 Å². The zero-order chi connectivity index (χ0) is 10.6. The largest absolute Gasteiger partial charge is 0.318 e. The molecule has 0 atom stereocenters. The Hall–Kier alpha value is -1.42. The molecule has 1 heterocycles. The molecule has 1 rings (SSSR count). The van der Waals surface area contributed by atoms with Crippen LogP contribution in [0.25, 0.3) is 0 Å². The number of carbonyl (C=O) groups is 1. The first-order valence-corrected chi connectivity index (χ1v) is 4.52. The summed E-state index contributed by atoms with van der Waals surface area (Å²) in [6.45, 7) is 2.69. The zero-order valence-electron chi connectivity index (χ0n) is 8.41. The lowest BCUT2D eigenvalue weighted by atomic mass is 10.2. The molecule has 76 valence electrons. The lowest BCUT2D eigenvalue weighted by Crippen LogP contribution is -2.28. The Kier molecular flexibility index (Phi) is 3.59. The fourth-order valence-corrected chi connectivity index (χ4v) is 1.21. The molecule has 1 N–H and O–H groups in total. The monoisotopic (exact) mass is 194 g/mol. The summed E-state index contributed by atoms with van der Waals surface area (Å²) in [4.78, 5) is 22.7. The molecule has 0 spiro atoms. The summed E-state index contributed by atoms with van der Waals surface area (Å²) in [5, 5.41) is 2.95. The minimum Gasteiger partial charge on any atom is -0.318 e. The minimum absolute atomic E-state index is 0.186. The molecule has 0 bridgehead atoms. The Morgan fingerprint density at radius 3 is 2.86 bits per heavy atom. The number of nitrogens with zero attached hydrogens (tertiary/aromatic N) is 1. The third-order valence-corrected chi connectivity index (χ3v) is 2.00. The van der Waals surface area contributed by atoms with Crippen LogP contribution < -0.4 is 10.9 Å². The maximum atomic E-state index is 11.6. The van der Waals surface area contributed by atoms with Crippen molar-refractivity contribution < 1.29 is 4.79 Å². The van der Waals surface area contributed by atoms with Gasteiger partial charge in [0.2, 0.25) is 0 Å². The fourth-order valence-electron chi connectivity index (χ4n) is 1.21. The molecule has 0 aliphatic heterocycles. The normalized spacial score (nSPS) is 10.1. The number of aromatic nitrogens is 1. The maximum absolute atomic E-state index is 11.6. The Morgan fingerprint density at radius 1 is 1.57 bits per heavy atom. The van der Waals surface area contributed by atoms with Gasteiger partial charge in [-0.2, -0.15) is 0 Å². The van der Waals surface area contributed by atoms with Crippen LogP contribution in [0, 0.1) is 0 Å². The highest BCUT2D eigenvalue weighted by atomic mass is 16.1. The van der Waals surface area contributed by atoms with Gasteiger partial charge in [0.15, 0.2) is 5.78 Å². The van der Waals surface area contributed by atoms with E-state index in [0.717, 1.165) is 0 Å². The number of carbonyl (C=O) groups excluding carboxylic acids is 1. The molecule has 0 aliphatic carbocycles. The first-order valence-electron chi connectivity index (χ1n) is 4.52. The first-order chi connectivity index (χ1) is 6.66. The molecular formula is C10H14N2O2. The molecule has 1 aromatic heterocycles. The number of rotatable bonds is 4. The van der Waals surface area contributed by atoms with Crippen LogP contribution in [-0.2, 0) is 6.54 Å². The third-order valence-electron chi connectivity index (χ3n) is 2.00. The van der Waals surface area contributed by atoms with Crippen molar-refractivity contribution in [2.45, 2.75) is 13.5 Å². The highest BCUT2D eigenvalue weighted by molar-refractivity contribution is 5.93. The highest BCUT2D eigenvalue weighted by Gasteiger charge is 2.06. The first kappa shape index (κ1) is 10.7. The molecule has 0 saturated carbocycles. The number of ketones is 1. The molecule has 0 aliphatic rings. The van der Waals surface area contributed by atoms with Crippen molar-refractivity contribution in [3.8, 4) is 0 Å². The average molecular weight is 194 g/mol. The van der Waals surface area contributed by atoms with Crippen LogP contribution in [0.1, 0.15) is 17.3 Å². The van der Waals surface area contributed by atoms with Gasteiger partial charge in [-0.25, -0.2) is 0 Å². The van der Waals surface area contributed by atoms with E-state index in [1.165, 1.54) is 11.5 Å². The Morgan fingerprint density at radius 2 is 2.29 bits per heavy atom. The van der Waals surface area contributed by atoms with Gasteiger partial charge in [-0.1, -0.05) is 0 Å². The smallest absolute Gasteiger partial charge is 0.261 e. The average Bonchev–Trinajstić information content (AvgIpc) is 2.16. The van der Waals surface area contributed by atoms with Crippen LogP contribution in [0.5, 0.6) is 0 Å². The SMILES string of the molecule is CNCCn1cccc(C(C)=O)c1=O. The Balaban J connectivity index is 3.02. The molecule has 0 saturated heterocycles. The molecule has 0 amide bonds. The summed E-state index contributed by atoms with van der Waals surface area (Å²) in [6, 6.07) is 3.27. The van der Waals surface area contributed by atoms with Gasteiger partial charge in [0.1, 0.15) is 0 Å². The van der Waals surface area contributed by atoms with Gasteiger partial charge in [-0.05, 0) is 26.1 Å². The van der Waals surface area contributed by atoms with Gasteiger partial charge in [-0.3, -0.25) is 9.59 Å². The van der Waals surface area contributed by atoms with Gasteiger partial charge in [0.05, 0.1) is 5.56 Å². The van der Waals surface area contributed by atoms with E-state index in [0.29, 0.717) is 13.1 Å². The van der Waals surface area contributed by atoms with Crippen LogP contribution in [0.2, 0.25) is 0 Å². The lowest BCUT2D eigenvalue weighted by molar-refractivity contribution is 0.101. The second-order valence-corrected chi connectivity index (χ2v) is 3.08. The van der Waals surface area contributed by atoms with Crippen LogP contribution in [-0.4, -0.2) is 23.9 Å². The predicted octanol–water partition coefficient (Wildman–Crippen LogP) is 0.270. The topological polar surface area (TPSA) is 51.1 Å². The molecule has 0 unspecified atom stereocenters.